The summed E-state index contributed by atoms with van der Waals surface area (Å²) < 4.78 is 21.5. The van der Waals surface area contributed by atoms with Gasteiger partial charge in [0.25, 0.3) is 0 Å². The van der Waals surface area contributed by atoms with E-state index in [-0.39, 0.29) is 6.04 Å². The molecule has 1 heterocycles. The van der Waals surface area contributed by atoms with Gasteiger partial charge in [-0.3, -0.25) is 9.89 Å². The van der Waals surface area contributed by atoms with Crippen LogP contribution in [0.25, 0.3) is 0 Å². The molecule has 1 fully saturated rings. The minimum atomic E-state index is 0.126. The minimum absolute atomic E-state index is 0.126. The highest BCUT2D eigenvalue weighted by Crippen LogP contribution is 2.32. The number of methoxy groups -OCH3 is 3. The van der Waals surface area contributed by atoms with E-state index in [0.717, 1.165) is 55.9 Å². The number of nitrogens with one attached hydrogen (secondary N) is 2. The minimum Gasteiger partial charge on any atom is -0.493 e. The maximum absolute atomic E-state index is 5.54. The van der Waals surface area contributed by atoms with Crippen LogP contribution in [0.3, 0.4) is 0 Å². The van der Waals surface area contributed by atoms with E-state index in [2.05, 4.69) is 28.5 Å². The van der Waals surface area contributed by atoms with Crippen molar-refractivity contribution < 1.29 is 18.9 Å². The number of nitrogens with zero attached hydrogens (tertiary/aromatic N) is 2. The lowest BCUT2D eigenvalue weighted by Gasteiger charge is -2.34. The van der Waals surface area contributed by atoms with Gasteiger partial charge in [-0.2, -0.15) is 0 Å². The molecule has 1 aromatic rings. The fourth-order valence-corrected chi connectivity index (χ4v) is 3.17. The number of hydrogen-bond acceptors (Lipinski definition) is 6. The van der Waals surface area contributed by atoms with Gasteiger partial charge >= 0.3 is 0 Å². The molecule has 8 heteroatoms. The third kappa shape index (κ3) is 6.54. The quantitative estimate of drug-likeness (QED) is 0.352. The fraction of sp³-hybridized carbons (Fsp3) is 0.650. The summed E-state index contributed by atoms with van der Waals surface area (Å²) in [7, 11) is 5.00. The first-order chi connectivity index (χ1) is 13.7. The Morgan fingerprint density at radius 3 is 2.54 bits per heavy atom. The molecular weight excluding hydrogens is 360 g/mol. The normalized spacial score (nSPS) is 16.5. The monoisotopic (exact) mass is 394 g/mol. The molecule has 1 unspecified atom stereocenters. The summed E-state index contributed by atoms with van der Waals surface area (Å²) in [4.78, 5) is 7.23. The first kappa shape index (κ1) is 22.3. The molecule has 2 N–H and O–H groups in total. The summed E-state index contributed by atoms with van der Waals surface area (Å²) in [5.74, 6) is 2.25. The summed E-state index contributed by atoms with van der Waals surface area (Å²) >= 11 is 0. The standard InChI is InChI=1S/C20H34N4O4/c1-5-21-20(22-8-11-25-2)23-15-17(24-9-12-28-13-10-24)16-6-7-18(26-3)19(14-16)27-4/h6-7,14,17H,5,8-13,15H2,1-4H3,(H2,21,22,23). The Labute approximate surface area is 168 Å². The van der Waals surface area contributed by atoms with Gasteiger partial charge in [0.1, 0.15) is 0 Å². The molecule has 158 valence electrons. The van der Waals surface area contributed by atoms with Crippen LogP contribution in [0.5, 0.6) is 11.5 Å². The Bertz CT molecular complexity index is 606. The third-order valence-corrected chi connectivity index (χ3v) is 4.64. The molecule has 0 radical (unpaired) electrons. The van der Waals surface area contributed by atoms with Gasteiger partial charge in [-0.25, -0.2) is 0 Å². The number of ether oxygens (including phenoxy) is 4. The van der Waals surface area contributed by atoms with E-state index >= 15 is 0 Å². The lowest BCUT2D eigenvalue weighted by atomic mass is 10.0. The topological polar surface area (TPSA) is 76.6 Å². The van der Waals surface area contributed by atoms with Gasteiger partial charge < -0.3 is 29.6 Å². The number of rotatable bonds is 10. The molecule has 1 atom stereocenters. The van der Waals surface area contributed by atoms with Crippen LogP contribution in [0.4, 0.5) is 0 Å². The highest BCUT2D eigenvalue weighted by atomic mass is 16.5. The lowest BCUT2D eigenvalue weighted by molar-refractivity contribution is 0.0179. The largest absolute Gasteiger partial charge is 0.493 e. The first-order valence-corrected chi connectivity index (χ1v) is 9.78. The molecule has 0 spiro atoms. The summed E-state index contributed by atoms with van der Waals surface area (Å²) in [5, 5.41) is 6.59. The molecular formula is C20H34N4O4. The summed E-state index contributed by atoms with van der Waals surface area (Å²) in [5.41, 5.74) is 1.15. The highest BCUT2D eigenvalue weighted by molar-refractivity contribution is 5.79. The second-order valence-electron chi connectivity index (χ2n) is 6.42. The smallest absolute Gasteiger partial charge is 0.191 e. The average molecular weight is 395 g/mol. The molecule has 8 nitrogen and oxygen atoms in total. The van der Waals surface area contributed by atoms with Crippen LogP contribution in [0.1, 0.15) is 18.5 Å². The molecule has 0 aliphatic carbocycles. The van der Waals surface area contributed by atoms with E-state index in [4.69, 9.17) is 23.9 Å². The zero-order valence-corrected chi connectivity index (χ0v) is 17.5. The van der Waals surface area contributed by atoms with Crippen molar-refractivity contribution in [1.29, 1.82) is 0 Å². The molecule has 1 aliphatic rings. The Morgan fingerprint density at radius 1 is 1.14 bits per heavy atom. The van der Waals surface area contributed by atoms with E-state index in [1.165, 1.54) is 0 Å². The summed E-state index contributed by atoms with van der Waals surface area (Å²) in [6.07, 6.45) is 0. The van der Waals surface area contributed by atoms with Crippen molar-refractivity contribution in [1.82, 2.24) is 15.5 Å². The maximum Gasteiger partial charge on any atom is 0.191 e. The van der Waals surface area contributed by atoms with Crippen molar-refractivity contribution in [3.05, 3.63) is 23.8 Å². The van der Waals surface area contributed by atoms with E-state index < -0.39 is 0 Å². The summed E-state index contributed by atoms with van der Waals surface area (Å²) in [6.45, 7) is 8.05. The Balaban J connectivity index is 2.22. The van der Waals surface area contributed by atoms with Crippen LogP contribution in [0.15, 0.2) is 23.2 Å². The number of guanidine groups is 1. The average Bonchev–Trinajstić information content (AvgIpc) is 2.74. The molecule has 28 heavy (non-hydrogen) atoms. The second kappa shape index (κ2) is 12.4. The van der Waals surface area contributed by atoms with E-state index in [1.807, 2.05) is 12.1 Å². The SMILES string of the molecule is CCNC(=NCC(c1ccc(OC)c(OC)c1)N1CCOCC1)NCCOC. The van der Waals surface area contributed by atoms with Crippen LogP contribution in [-0.4, -0.2) is 84.7 Å². The fourth-order valence-electron chi connectivity index (χ4n) is 3.17. The van der Waals surface area contributed by atoms with Gasteiger partial charge in [0, 0.05) is 33.3 Å². The third-order valence-electron chi connectivity index (χ3n) is 4.64. The number of hydrogen-bond donors (Lipinski definition) is 2. The van der Waals surface area contributed by atoms with Crippen molar-refractivity contribution in [2.75, 3.05) is 73.9 Å². The van der Waals surface area contributed by atoms with Gasteiger partial charge in [-0.05, 0) is 24.6 Å². The van der Waals surface area contributed by atoms with Gasteiger partial charge in [0.05, 0.1) is 46.6 Å². The van der Waals surface area contributed by atoms with E-state index in [0.29, 0.717) is 19.7 Å². The van der Waals surface area contributed by atoms with Crippen LogP contribution in [0, 0.1) is 0 Å². The van der Waals surface area contributed by atoms with Crippen molar-refractivity contribution in [3.8, 4) is 11.5 Å². The van der Waals surface area contributed by atoms with Crippen LogP contribution < -0.4 is 20.1 Å². The predicted molar refractivity (Wildman–Crippen MR) is 111 cm³/mol. The zero-order chi connectivity index (χ0) is 20.2. The van der Waals surface area contributed by atoms with E-state index in [1.54, 1.807) is 21.3 Å². The van der Waals surface area contributed by atoms with Crippen molar-refractivity contribution in [2.24, 2.45) is 4.99 Å². The molecule has 1 saturated heterocycles. The van der Waals surface area contributed by atoms with Gasteiger partial charge in [0.2, 0.25) is 0 Å². The number of benzene rings is 1. The second-order valence-corrected chi connectivity index (χ2v) is 6.42. The Morgan fingerprint density at radius 2 is 1.89 bits per heavy atom. The molecule has 0 amide bonds. The molecule has 2 rings (SSSR count). The highest BCUT2D eigenvalue weighted by Gasteiger charge is 2.24. The maximum atomic E-state index is 5.54. The lowest BCUT2D eigenvalue weighted by Crippen LogP contribution is -2.42. The van der Waals surface area contributed by atoms with Gasteiger partial charge in [0.15, 0.2) is 17.5 Å². The molecule has 0 bridgehead atoms. The molecule has 0 aromatic heterocycles. The van der Waals surface area contributed by atoms with Crippen molar-refractivity contribution in [2.45, 2.75) is 13.0 Å². The van der Waals surface area contributed by atoms with Crippen molar-refractivity contribution in [3.63, 3.8) is 0 Å². The van der Waals surface area contributed by atoms with Crippen LogP contribution in [-0.2, 0) is 9.47 Å². The summed E-state index contributed by atoms with van der Waals surface area (Å²) in [6, 6.07) is 6.21. The van der Waals surface area contributed by atoms with Crippen LogP contribution >= 0.6 is 0 Å². The van der Waals surface area contributed by atoms with Gasteiger partial charge in [-0.15, -0.1) is 0 Å². The number of morpholine rings is 1. The first-order valence-electron chi connectivity index (χ1n) is 9.78. The zero-order valence-electron chi connectivity index (χ0n) is 17.5. The Hall–Kier alpha value is -2.03. The van der Waals surface area contributed by atoms with Gasteiger partial charge in [-0.1, -0.05) is 6.07 Å². The molecule has 1 aromatic carbocycles. The van der Waals surface area contributed by atoms with Crippen molar-refractivity contribution >= 4 is 5.96 Å². The van der Waals surface area contributed by atoms with Crippen LogP contribution in [0.2, 0.25) is 0 Å². The molecule has 0 saturated carbocycles. The van der Waals surface area contributed by atoms with E-state index in [9.17, 15) is 0 Å². The predicted octanol–water partition coefficient (Wildman–Crippen LogP) is 1.28. The number of aliphatic imine (C=N–C) groups is 1. The molecule has 1 aliphatic heterocycles. The Kier molecular flexibility index (Phi) is 9.88.